The molecular weight excluding hydrogens is 372 g/mol. The lowest BCUT2D eigenvalue weighted by Gasteiger charge is -2.09. The maximum atomic E-state index is 4.71. The summed E-state index contributed by atoms with van der Waals surface area (Å²) >= 11 is 3.57. The quantitative estimate of drug-likeness (QED) is 0.538. The summed E-state index contributed by atoms with van der Waals surface area (Å²) in [5.74, 6) is 0.901. The van der Waals surface area contributed by atoms with Crippen LogP contribution in [0, 0.1) is 13.8 Å². The first-order valence-electron chi connectivity index (χ1n) is 7.68. The van der Waals surface area contributed by atoms with Crippen LogP contribution in [-0.2, 0) is 13.6 Å². The van der Waals surface area contributed by atoms with E-state index in [0.29, 0.717) is 0 Å². The van der Waals surface area contributed by atoms with E-state index in [9.17, 15) is 0 Å². The van der Waals surface area contributed by atoms with Gasteiger partial charge in [-0.05, 0) is 29.8 Å². The van der Waals surface area contributed by atoms with Gasteiger partial charge in [0.1, 0.15) is 6.33 Å². The summed E-state index contributed by atoms with van der Waals surface area (Å²) in [4.78, 5) is 9.11. The van der Waals surface area contributed by atoms with Crippen molar-refractivity contribution in [2.24, 2.45) is 7.05 Å². The zero-order chi connectivity index (χ0) is 17.0. The highest BCUT2D eigenvalue weighted by Crippen LogP contribution is 2.23. The summed E-state index contributed by atoms with van der Waals surface area (Å²) in [6, 6.07) is 0. The predicted octanol–water partition coefficient (Wildman–Crippen LogP) is 2.39. The molecule has 0 saturated heterocycles. The Morgan fingerprint density at radius 1 is 1.21 bits per heavy atom. The van der Waals surface area contributed by atoms with Gasteiger partial charge >= 0.3 is 0 Å². The van der Waals surface area contributed by atoms with Crippen LogP contribution >= 0.6 is 15.9 Å². The average Bonchev–Trinajstić information content (AvgIpc) is 3.21. The van der Waals surface area contributed by atoms with Crippen molar-refractivity contribution in [1.82, 2.24) is 39.1 Å². The third-order valence-corrected chi connectivity index (χ3v) is 5.41. The Kier molecular flexibility index (Phi) is 3.41. The van der Waals surface area contributed by atoms with Crippen molar-refractivity contribution in [1.29, 1.82) is 0 Å². The summed E-state index contributed by atoms with van der Waals surface area (Å²) < 4.78 is 6.50. The van der Waals surface area contributed by atoms with E-state index in [1.54, 1.807) is 21.7 Å². The molecule has 124 valence electrons. The van der Waals surface area contributed by atoms with Crippen LogP contribution in [0.25, 0.3) is 16.7 Å². The molecule has 8 nitrogen and oxygen atoms in total. The Morgan fingerprint density at radius 2 is 2.00 bits per heavy atom. The number of fused-ring (bicyclic) bond motifs is 3. The van der Waals surface area contributed by atoms with E-state index >= 15 is 0 Å². The molecule has 0 spiro atoms. The number of nitrogens with zero attached hydrogens (tertiary/aromatic N) is 8. The van der Waals surface area contributed by atoms with Crippen LogP contribution in [0.1, 0.15) is 30.1 Å². The summed E-state index contributed by atoms with van der Waals surface area (Å²) in [6.07, 6.45) is 3.46. The van der Waals surface area contributed by atoms with Crippen LogP contribution < -0.4 is 0 Å². The van der Waals surface area contributed by atoms with Crippen LogP contribution in [0.15, 0.2) is 17.0 Å². The Labute approximate surface area is 146 Å². The number of hydrogen-bond donors (Lipinski definition) is 0. The van der Waals surface area contributed by atoms with Gasteiger partial charge in [-0.15, -0.1) is 5.10 Å². The van der Waals surface area contributed by atoms with E-state index in [2.05, 4.69) is 50.1 Å². The van der Waals surface area contributed by atoms with Crippen LogP contribution in [0.3, 0.4) is 0 Å². The van der Waals surface area contributed by atoms with Crippen molar-refractivity contribution in [3.05, 3.63) is 34.2 Å². The molecule has 0 saturated carbocycles. The molecule has 0 fully saturated rings. The van der Waals surface area contributed by atoms with Gasteiger partial charge in [0.15, 0.2) is 17.1 Å². The SMILES string of the molecule is Cc1nn(C[C@@H](C)c2nc3c4cnn(C)c4ncn3n2)c(C)c1Br. The zero-order valence-corrected chi connectivity index (χ0v) is 15.5. The van der Waals surface area contributed by atoms with E-state index in [1.807, 2.05) is 18.7 Å². The number of halogens is 1. The molecule has 0 amide bonds. The Bertz CT molecular complexity index is 1060. The first kappa shape index (κ1) is 15.3. The van der Waals surface area contributed by atoms with Gasteiger partial charge < -0.3 is 0 Å². The summed E-state index contributed by atoms with van der Waals surface area (Å²) in [5, 5.41) is 14.3. The van der Waals surface area contributed by atoms with E-state index in [1.165, 1.54) is 0 Å². The van der Waals surface area contributed by atoms with Gasteiger partial charge in [-0.25, -0.2) is 14.5 Å². The second kappa shape index (κ2) is 5.37. The van der Waals surface area contributed by atoms with Gasteiger partial charge in [-0.2, -0.15) is 10.2 Å². The maximum absolute atomic E-state index is 4.71. The van der Waals surface area contributed by atoms with Gasteiger partial charge in [-0.1, -0.05) is 6.92 Å². The topological polar surface area (TPSA) is 78.7 Å². The molecule has 4 heterocycles. The highest BCUT2D eigenvalue weighted by Gasteiger charge is 2.18. The molecule has 4 rings (SSSR count). The lowest BCUT2D eigenvalue weighted by molar-refractivity contribution is 0.512. The molecule has 9 heteroatoms. The van der Waals surface area contributed by atoms with Crippen molar-refractivity contribution in [3.8, 4) is 0 Å². The molecule has 0 radical (unpaired) electrons. The van der Waals surface area contributed by atoms with E-state index in [0.717, 1.165) is 44.9 Å². The molecule has 4 aromatic heterocycles. The minimum Gasteiger partial charge on any atom is -0.268 e. The Morgan fingerprint density at radius 3 is 2.71 bits per heavy atom. The van der Waals surface area contributed by atoms with Gasteiger partial charge in [0, 0.05) is 18.7 Å². The molecule has 0 unspecified atom stereocenters. The summed E-state index contributed by atoms with van der Waals surface area (Å²) in [7, 11) is 1.87. The van der Waals surface area contributed by atoms with Crippen molar-refractivity contribution in [2.75, 3.05) is 0 Å². The van der Waals surface area contributed by atoms with Gasteiger partial charge in [0.25, 0.3) is 0 Å². The highest BCUT2D eigenvalue weighted by molar-refractivity contribution is 9.10. The monoisotopic (exact) mass is 388 g/mol. The maximum Gasteiger partial charge on any atom is 0.170 e. The van der Waals surface area contributed by atoms with Crippen molar-refractivity contribution in [2.45, 2.75) is 33.2 Å². The fourth-order valence-electron chi connectivity index (χ4n) is 2.86. The molecule has 0 bridgehead atoms. The van der Waals surface area contributed by atoms with Gasteiger partial charge in [0.2, 0.25) is 0 Å². The smallest absolute Gasteiger partial charge is 0.170 e. The second-order valence-electron chi connectivity index (χ2n) is 6.06. The van der Waals surface area contributed by atoms with Gasteiger partial charge in [0.05, 0.1) is 28.3 Å². The lowest BCUT2D eigenvalue weighted by atomic mass is 10.1. The van der Waals surface area contributed by atoms with Crippen LogP contribution in [0.2, 0.25) is 0 Å². The standard InChI is InChI=1S/C15H17BrN8/c1-8(6-23-10(3)12(16)9(2)20-23)13-19-15-11-5-18-22(4)14(11)17-7-24(15)21-13/h5,7-8H,6H2,1-4H3/t8-/m1/s1. The van der Waals surface area contributed by atoms with Crippen molar-refractivity contribution >= 4 is 32.6 Å². The fourth-order valence-corrected chi connectivity index (χ4v) is 3.14. The van der Waals surface area contributed by atoms with Crippen LogP contribution in [0.5, 0.6) is 0 Å². The zero-order valence-electron chi connectivity index (χ0n) is 13.9. The largest absolute Gasteiger partial charge is 0.268 e. The number of rotatable bonds is 3. The molecule has 0 aliphatic carbocycles. The first-order chi connectivity index (χ1) is 11.5. The molecule has 0 N–H and O–H groups in total. The van der Waals surface area contributed by atoms with Crippen molar-refractivity contribution in [3.63, 3.8) is 0 Å². The third kappa shape index (κ3) is 2.22. The minimum absolute atomic E-state index is 0.126. The molecule has 24 heavy (non-hydrogen) atoms. The molecule has 4 aromatic rings. The van der Waals surface area contributed by atoms with Gasteiger partial charge in [-0.3, -0.25) is 9.36 Å². The van der Waals surface area contributed by atoms with E-state index in [-0.39, 0.29) is 5.92 Å². The first-order valence-corrected chi connectivity index (χ1v) is 8.47. The average molecular weight is 389 g/mol. The van der Waals surface area contributed by atoms with Crippen LogP contribution in [0.4, 0.5) is 0 Å². The number of aryl methyl sites for hydroxylation is 2. The normalized spacial score (nSPS) is 13.2. The molecule has 0 aromatic carbocycles. The van der Waals surface area contributed by atoms with E-state index < -0.39 is 0 Å². The number of aromatic nitrogens is 8. The summed E-state index contributed by atoms with van der Waals surface area (Å²) in [5.41, 5.74) is 3.68. The third-order valence-electron chi connectivity index (χ3n) is 4.27. The van der Waals surface area contributed by atoms with E-state index in [4.69, 9.17) is 4.98 Å². The Balaban J connectivity index is 1.73. The minimum atomic E-state index is 0.126. The predicted molar refractivity (Wildman–Crippen MR) is 92.9 cm³/mol. The lowest BCUT2D eigenvalue weighted by Crippen LogP contribution is -2.10. The highest BCUT2D eigenvalue weighted by atomic mass is 79.9. The van der Waals surface area contributed by atoms with Crippen LogP contribution in [-0.4, -0.2) is 39.1 Å². The fraction of sp³-hybridized carbons (Fsp3) is 0.400. The molecule has 0 aliphatic rings. The molecule has 1 atom stereocenters. The molecule has 0 aliphatic heterocycles. The van der Waals surface area contributed by atoms with Crippen molar-refractivity contribution < 1.29 is 0 Å². The Hall–Kier alpha value is -2.29. The second-order valence-corrected chi connectivity index (χ2v) is 6.85. The molecular formula is C15H17BrN8. The number of hydrogen-bond acceptors (Lipinski definition) is 5. The summed E-state index contributed by atoms with van der Waals surface area (Å²) in [6.45, 7) is 6.87.